The Labute approximate surface area is 104 Å². The molecule has 0 rings (SSSR count). The Morgan fingerprint density at radius 3 is 2.18 bits per heavy atom. The van der Waals surface area contributed by atoms with Crippen LogP contribution < -0.4 is 5.73 Å². The molecule has 0 saturated carbocycles. The molecule has 0 saturated heterocycles. The minimum Gasteiger partial charge on any atom is -0.347 e. The van der Waals surface area contributed by atoms with E-state index in [2.05, 4.69) is 0 Å². The van der Waals surface area contributed by atoms with Crippen molar-refractivity contribution in [2.45, 2.75) is 39.2 Å². The van der Waals surface area contributed by atoms with E-state index in [4.69, 9.17) is 5.73 Å². The molecule has 0 aliphatic carbocycles. The van der Waals surface area contributed by atoms with Crippen molar-refractivity contribution in [3.63, 3.8) is 0 Å². The van der Waals surface area contributed by atoms with E-state index in [1.165, 1.54) is 4.90 Å². The van der Waals surface area contributed by atoms with Gasteiger partial charge in [0.25, 0.3) is 0 Å². The molecule has 0 bridgehead atoms. The SMILES string of the molecule is CCCC(N)C(=O)N(CCC)CC(=O)N(C)C. The summed E-state index contributed by atoms with van der Waals surface area (Å²) >= 11 is 0. The Hall–Kier alpha value is -1.10. The molecule has 17 heavy (non-hydrogen) atoms. The van der Waals surface area contributed by atoms with Crippen LogP contribution in [0.4, 0.5) is 0 Å². The largest absolute Gasteiger partial charge is 0.347 e. The Balaban J connectivity index is 4.50. The van der Waals surface area contributed by atoms with Crippen molar-refractivity contribution >= 4 is 11.8 Å². The van der Waals surface area contributed by atoms with E-state index in [1.54, 1.807) is 19.0 Å². The predicted octanol–water partition coefficient (Wildman–Crippen LogP) is 0.441. The van der Waals surface area contributed by atoms with E-state index >= 15 is 0 Å². The molecule has 0 spiro atoms. The summed E-state index contributed by atoms with van der Waals surface area (Å²) in [6, 6.07) is -0.485. The zero-order valence-electron chi connectivity index (χ0n) is 11.4. The van der Waals surface area contributed by atoms with Gasteiger partial charge in [0.05, 0.1) is 12.6 Å². The number of carbonyl (C=O) groups excluding carboxylic acids is 2. The van der Waals surface area contributed by atoms with Gasteiger partial charge in [-0.15, -0.1) is 0 Å². The number of hydrogen-bond donors (Lipinski definition) is 1. The third-order valence-electron chi connectivity index (χ3n) is 2.55. The summed E-state index contributed by atoms with van der Waals surface area (Å²) in [5.41, 5.74) is 5.79. The van der Waals surface area contributed by atoms with E-state index in [0.29, 0.717) is 13.0 Å². The number of nitrogens with two attached hydrogens (primary N) is 1. The summed E-state index contributed by atoms with van der Waals surface area (Å²) in [7, 11) is 3.37. The third-order valence-corrected chi connectivity index (χ3v) is 2.55. The normalized spacial score (nSPS) is 12.1. The fraction of sp³-hybridized carbons (Fsp3) is 0.833. The number of amides is 2. The van der Waals surface area contributed by atoms with Crippen LogP contribution in [0.15, 0.2) is 0 Å². The Bertz CT molecular complexity index is 254. The molecule has 0 aromatic carbocycles. The highest BCUT2D eigenvalue weighted by Crippen LogP contribution is 2.02. The molecule has 1 atom stereocenters. The lowest BCUT2D eigenvalue weighted by molar-refractivity contribution is -0.140. The highest BCUT2D eigenvalue weighted by molar-refractivity contribution is 5.87. The molecule has 100 valence electrons. The maximum absolute atomic E-state index is 12.0. The molecule has 0 fully saturated rings. The molecule has 0 aromatic rings. The second kappa shape index (κ2) is 8.06. The predicted molar refractivity (Wildman–Crippen MR) is 68.4 cm³/mol. The number of likely N-dealkylation sites (N-methyl/N-ethyl adjacent to an activating group) is 1. The van der Waals surface area contributed by atoms with Gasteiger partial charge in [0.15, 0.2) is 0 Å². The zero-order valence-corrected chi connectivity index (χ0v) is 11.4. The monoisotopic (exact) mass is 243 g/mol. The Morgan fingerprint density at radius 1 is 1.18 bits per heavy atom. The van der Waals surface area contributed by atoms with Crippen molar-refractivity contribution in [3.05, 3.63) is 0 Å². The minimum atomic E-state index is -0.485. The van der Waals surface area contributed by atoms with Crippen LogP contribution in [0.25, 0.3) is 0 Å². The van der Waals surface area contributed by atoms with Crippen molar-refractivity contribution in [1.29, 1.82) is 0 Å². The van der Waals surface area contributed by atoms with E-state index in [9.17, 15) is 9.59 Å². The van der Waals surface area contributed by atoms with Crippen molar-refractivity contribution in [2.75, 3.05) is 27.2 Å². The van der Waals surface area contributed by atoms with Gasteiger partial charge in [0.1, 0.15) is 0 Å². The first-order chi connectivity index (χ1) is 7.93. The Kier molecular flexibility index (Phi) is 7.54. The Morgan fingerprint density at radius 2 is 1.76 bits per heavy atom. The molecule has 0 aromatic heterocycles. The van der Waals surface area contributed by atoms with Gasteiger partial charge in [-0.1, -0.05) is 20.3 Å². The van der Waals surface area contributed by atoms with Crippen molar-refractivity contribution < 1.29 is 9.59 Å². The van der Waals surface area contributed by atoms with E-state index in [0.717, 1.165) is 12.8 Å². The quantitative estimate of drug-likeness (QED) is 0.705. The topological polar surface area (TPSA) is 66.6 Å². The molecule has 2 amide bonds. The van der Waals surface area contributed by atoms with E-state index in [1.807, 2.05) is 13.8 Å². The second-order valence-corrected chi connectivity index (χ2v) is 4.44. The molecule has 0 aliphatic heterocycles. The number of nitrogens with zero attached hydrogens (tertiary/aromatic N) is 2. The molecule has 5 heteroatoms. The van der Waals surface area contributed by atoms with Gasteiger partial charge >= 0.3 is 0 Å². The molecule has 0 aliphatic rings. The standard InChI is InChI=1S/C12H25N3O2/c1-5-7-10(13)12(17)15(8-6-2)9-11(16)14(3)4/h10H,5-9,13H2,1-4H3. The maximum atomic E-state index is 12.0. The van der Waals surface area contributed by atoms with Crippen molar-refractivity contribution in [2.24, 2.45) is 5.73 Å². The smallest absolute Gasteiger partial charge is 0.241 e. The fourth-order valence-electron chi connectivity index (χ4n) is 1.51. The van der Waals surface area contributed by atoms with Crippen molar-refractivity contribution in [1.82, 2.24) is 9.80 Å². The summed E-state index contributed by atoms with van der Waals surface area (Å²) in [5, 5.41) is 0. The van der Waals surface area contributed by atoms with E-state index in [-0.39, 0.29) is 18.4 Å². The van der Waals surface area contributed by atoms with Crippen molar-refractivity contribution in [3.8, 4) is 0 Å². The van der Waals surface area contributed by atoms with Crippen LogP contribution in [0, 0.1) is 0 Å². The zero-order chi connectivity index (χ0) is 13.4. The molecule has 5 nitrogen and oxygen atoms in total. The van der Waals surface area contributed by atoms with Gasteiger partial charge in [-0.2, -0.15) is 0 Å². The lowest BCUT2D eigenvalue weighted by Crippen LogP contribution is -2.47. The second-order valence-electron chi connectivity index (χ2n) is 4.44. The highest BCUT2D eigenvalue weighted by atomic mass is 16.2. The maximum Gasteiger partial charge on any atom is 0.241 e. The molecular weight excluding hydrogens is 218 g/mol. The summed E-state index contributed by atoms with van der Waals surface area (Å²) in [5.74, 6) is -0.195. The van der Waals surface area contributed by atoms with Crippen LogP contribution in [0.2, 0.25) is 0 Å². The van der Waals surface area contributed by atoms with E-state index < -0.39 is 6.04 Å². The number of hydrogen-bond acceptors (Lipinski definition) is 3. The molecule has 0 radical (unpaired) electrons. The summed E-state index contributed by atoms with van der Waals surface area (Å²) in [6.07, 6.45) is 2.36. The van der Waals surface area contributed by atoms with Gasteiger partial charge in [-0.25, -0.2) is 0 Å². The van der Waals surface area contributed by atoms with Gasteiger partial charge < -0.3 is 15.5 Å². The summed E-state index contributed by atoms with van der Waals surface area (Å²) in [6.45, 7) is 4.67. The molecule has 2 N–H and O–H groups in total. The average Bonchev–Trinajstić information content (AvgIpc) is 2.27. The molecule has 1 unspecified atom stereocenters. The molecular formula is C12H25N3O2. The van der Waals surface area contributed by atoms with Gasteiger partial charge in [-0.3, -0.25) is 9.59 Å². The van der Waals surface area contributed by atoms with Gasteiger partial charge in [0, 0.05) is 20.6 Å². The van der Waals surface area contributed by atoms with Gasteiger partial charge in [0.2, 0.25) is 11.8 Å². The van der Waals surface area contributed by atoms with Crippen LogP contribution in [0.5, 0.6) is 0 Å². The molecule has 0 heterocycles. The third kappa shape index (κ3) is 5.68. The van der Waals surface area contributed by atoms with Crippen LogP contribution in [-0.4, -0.2) is 54.8 Å². The number of carbonyl (C=O) groups is 2. The minimum absolute atomic E-state index is 0.0736. The average molecular weight is 243 g/mol. The summed E-state index contributed by atoms with van der Waals surface area (Å²) in [4.78, 5) is 26.7. The number of rotatable bonds is 7. The van der Waals surface area contributed by atoms with Crippen LogP contribution >= 0.6 is 0 Å². The van der Waals surface area contributed by atoms with Crippen LogP contribution in [-0.2, 0) is 9.59 Å². The first kappa shape index (κ1) is 15.9. The highest BCUT2D eigenvalue weighted by Gasteiger charge is 2.22. The first-order valence-electron chi connectivity index (χ1n) is 6.18. The lowest BCUT2D eigenvalue weighted by atomic mass is 10.1. The first-order valence-corrected chi connectivity index (χ1v) is 6.18. The fourth-order valence-corrected chi connectivity index (χ4v) is 1.51. The van der Waals surface area contributed by atoms with Crippen LogP contribution in [0.1, 0.15) is 33.1 Å². The summed E-state index contributed by atoms with van der Waals surface area (Å²) < 4.78 is 0. The van der Waals surface area contributed by atoms with Gasteiger partial charge in [-0.05, 0) is 12.8 Å². The lowest BCUT2D eigenvalue weighted by Gasteiger charge is -2.26. The van der Waals surface area contributed by atoms with Crippen LogP contribution in [0.3, 0.4) is 0 Å².